The number of hydrogen-bond donors (Lipinski definition) is 2. The molecular weight excluding hydrogens is 364 g/mol. The largest absolute Gasteiger partial charge is 0.495 e. The zero-order valence-electron chi connectivity index (χ0n) is 15.7. The SMILES string of the molecule is COc1cc(Nc2nccc(NCCC3=CCCCC3)n2)c(OC)cc1Cl. The minimum atomic E-state index is 0.472. The Morgan fingerprint density at radius 1 is 1.15 bits per heavy atom. The highest BCUT2D eigenvalue weighted by atomic mass is 35.5. The van der Waals surface area contributed by atoms with E-state index in [-0.39, 0.29) is 0 Å². The molecule has 0 radical (unpaired) electrons. The number of allylic oxidation sites excluding steroid dienone is 1. The van der Waals surface area contributed by atoms with Crippen molar-refractivity contribution in [2.24, 2.45) is 0 Å². The first kappa shape index (κ1) is 19.3. The first-order valence-electron chi connectivity index (χ1n) is 9.13. The molecule has 2 N–H and O–H groups in total. The average Bonchev–Trinajstić information content (AvgIpc) is 2.70. The van der Waals surface area contributed by atoms with Gasteiger partial charge in [0.1, 0.15) is 17.3 Å². The fourth-order valence-corrected chi connectivity index (χ4v) is 3.31. The molecule has 7 heteroatoms. The van der Waals surface area contributed by atoms with Gasteiger partial charge in [-0.15, -0.1) is 0 Å². The van der Waals surface area contributed by atoms with Crippen molar-refractivity contribution < 1.29 is 9.47 Å². The van der Waals surface area contributed by atoms with E-state index in [0.717, 1.165) is 18.8 Å². The Hall–Kier alpha value is -2.47. The lowest BCUT2D eigenvalue weighted by Crippen LogP contribution is -2.07. The minimum absolute atomic E-state index is 0.472. The molecule has 2 aromatic rings. The lowest BCUT2D eigenvalue weighted by atomic mass is 9.97. The summed E-state index contributed by atoms with van der Waals surface area (Å²) in [7, 11) is 3.16. The van der Waals surface area contributed by atoms with Crippen LogP contribution in [-0.4, -0.2) is 30.7 Å². The van der Waals surface area contributed by atoms with E-state index in [9.17, 15) is 0 Å². The monoisotopic (exact) mass is 388 g/mol. The van der Waals surface area contributed by atoms with Gasteiger partial charge in [0.2, 0.25) is 5.95 Å². The quantitative estimate of drug-likeness (QED) is 0.606. The molecule has 0 fully saturated rings. The van der Waals surface area contributed by atoms with Crippen LogP contribution in [0.3, 0.4) is 0 Å². The molecule has 1 aliphatic carbocycles. The van der Waals surface area contributed by atoms with Crippen molar-refractivity contribution in [2.45, 2.75) is 32.1 Å². The molecule has 1 aromatic heterocycles. The van der Waals surface area contributed by atoms with E-state index in [4.69, 9.17) is 21.1 Å². The molecule has 3 rings (SSSR count). The van der Waals surface area contributed by atoms with Gasteiger partial charge in [-0.3, -0.25) is 0 Å². The van der Waals surface area contributed by atoms with E-state index in [1.165, 1.54) is 25.7 Å². The van der Waals surface area contributed by atoms with Gasteiger partial charge in [-0.1, -0.05) is 23.3 Å². The number of nitrogens with zero attached hydrogens (tertiary/aromatic N) is 2. The van der Waals surface area contributed by atoms with E-state index < -0.39 is 0 Å². The molecule has 0 atom stereocenters. The van der Waals surface area contributed by atoms with Crippen LogP contribution in [0, 0.1) is 0 Å². The molecule has 0 unspecified atom stereocenters. The highest BCUT2D eigenvalue weighted by Gasteiger charge is 2.11. The van der Waals surface area contributed by atoms with Crippen LogP contribution < -0.4 is 20.1 Å². The van der Waals surface area contributed by atoms with Gasteiger partial charge >= 0.3 is 0 Å². The van der Waals surface area contributed by atoms with E-state index in [2.05, 4.69) is 26.7 Å². The first-order chi connectivity index (χ1) is 13.2. The Bertz CT molecular complexity index is 811. The molecule has 0 aliphatic heterocycles. The molecular formula is C20H25ClN4O2. The van der Waals surface area contributed by atoms with E-state index in [1.807, 2.05) is 6.07 Å². The zero-order chi connectivity index (χ0) is 19.1. The maximum absolute atomic E-state index is 6.15. The molecule has 6 nitrogen and oxygen atoms in total. The van der Waals surface area contributed by atoms with Crippen LogP contribution in [0.25, 0.3) is 0 Å². The first-order valence-corrected chi connectivity index (χ1v) is 9.51. The zero-order valence-corrected chi connectivity index (χ0v) is 16.5. The summed E-state index contributed by atoms with van der Waals surface area (Å²) in [5.74, 6) is 2.39. The van der Waals surface area contributed by atoms with Gasteiger partial charge in [0.05, 0.1) is 24.9 Å². The third-order valence-corrected chi connectivity index (χ3v) is 4.81. The third-order valence-electron chi connectivity index (χ3n) is 4.51. The maximum atomic E-state index is 6.15. The smallest absolute Gasteiger partial charge is 0.229 e. The molecule has 0 saturated heterocycles. The van der Waals surface area contributed by atoms with Gasteiger partial charge in [-0.05, 0) is 38.2 Å². The van der Waals surface area contributed by atoms with Crippen LogP contribution in [0.4, 0.5) is 17.5 Å². The Morgan fingerprint density at radius 3 is 2.74 bits per heavy atom. The number of halogens is 1. The van der Waals surface area contributed by atoms with Crippen LogP contribution in [-0.2, 0) is 0 Å². The van der Waals surface area contributed by atoms with E-state index in [0.29, 0.717) is 28.2 Å². The van der Waals surface area contributed by atoms with Gasteiger partial charge < -0.3 is 20.1 Å². The van der Waals surface area contributed by atoms with Crippen LogP contribution >= 0.6 is 11.6 Å². The number of benzene rings is 1. The lowest BCUT2D eigenvalue weighted by molar-refractivity contribution is 0.405. The van der Waals surface area contributed by atoms with Gasteiger partial charge in [0, 0.05) is 24.9 Å². The van der Waals surface area contributed by atoms with Crippen molar-refractivity contribution in [2.75, 3.05) is 31.4 Å². The number of methoxy groups -OCH3 is 2. The fraction of sp³-hybridized carbons (Fsp3) is 0.400. The minimum Gasteiger partial charge on any atom is -0.495 e. The van der Waals surface area contributed by atoms with E-state index >= 15 is 0 Å². The Kier molecular flexibility index (Phi) is 6.76. The van der Waals surface area contributed by atoms with E-state index in [1.54, 1.807) is 38.1 Å². The fourth-order valence-electron chi connectivity index (χ4n) is 3.08. The molecule has 1 aromatic carbocycles. The van der Waals surface area contributed by atoms with Crippen LogP contribution in [0.5, 0.6) is 11.5 Å². The summed E-state index contributed by atoms with van der Waals surface area (Å²) in [5.41, 5.74) is 2.22. The number of nitrogens with one attached hydrogen (secondary N) is 2. The lowest BCUT2D eigenvalue weighted by Gasteiger charge is -2.14. The van der Waals surface area contributed by atoms with Crippen molar-refractivity contribution in [1.82, 2.24) is 9.97 Å². The maximum Gasteiger partial charge on any atom is 0.229 e. The van der Waals surface area contributed by atoms with Crippen LogP contribution in [0.1, 0.15) is 32.1 Å². The van der Waals surface area contributed by atoms with Gasteiger partial charge in [0.15, 0.2) is 0 Å². The number of ether oxygens (including phenoxy) is 2. The third kappa shape index (κ3) is 5.26. The molecule has 0 spiro atoms. The second kappa shape index (κ2) is 9.46. The molecule has 144 valence electrons. The predicted molar refractivity (Wildman–Crippen MR) is 110 cm³/mol. The van der Waals surface area contributed by atoms with Crippen molar-refractivity contribution in [3.63, 3.8) is 0 Å². The Labute approximate surface area is 165 Å². The van der Waals surface area contributed by atoms with Crippen molar-refractivity contribution in [1.29, 1.82) is 0 Å². The number of aromatic nitrogens is 2. The van der Waals surface area contributed by atoms with Gasteiger partial charge in [0.25, 0.3) is 0 Å². The molecule has 1 heterocycles. The van der Waals surface area contributed by atoms with Gasteiger partial charge in [-0.25, -0.2) is 4.98 Å². The highest BCUT2D eigenvalue weighted by Crippen LogP contribution is 2.36. The second-order valence-electron chi connectivity index (χ2n) is 6.36. The summed E-state index contributed by atoms with van der Waals surface area (Å²) in [6, 6.07) is 5.32. The topological polar surface area (TPSA) is 68.3 Å². The number of anilines is 3. The molecule has 0 saturated carbocycles. The van der Waals surface area contributed by atoms with Crippen LogP contribution in [0.15, 0.2) is 36.0 Å². The summed E-state index contributed by atoms with van der Waals surface area (Å²) < 4.78 is 10.7. The normalized spacial score (nSPS) is 13.7. The Morgan fingerprint density at radius 2 is 2.00 bits per heavy atom. The summed E-state index contributed by atoms with van der Waals surface area (Å²) in [6.45, 7) is 0.861. The summed E-state index contributed by atoms with van der Waals surface area (Å²) >= 11 is 6.15. The number of hydrogen-bond acceptors (Lipinski definition) is 6. The predicted octanol–water partition coefficient (Wildman–Crippen LogP) is 5.19. The molecule has 27 heavy (non-hydrogen) atoms. The molecule has 0 amide bonds. The molecule has 0 bridgehead atoms. The van der Waals surface area contributed by atoms with Crippen molar-refractivity contribution in [3.8, 4) is 11.5 Å². The summed E-state index contributed by atoms with van der Waals surface area (Å²) in [4.78, 5) is 8.80. The highest BCUT2D eigenvalue weighted by molar-refractivity contribution is 6.32. The Balaban J connectivity index is 1.66. The summed E-state index contributed by atoms with van der Waals surface area (Å²) in [6.07, 6.45) is 10.2. The molecule has 1 aliphatic rings. The number of rotatable bonds is 8. The summed E-state index contributed by atoms with van der Waals surface area (Å²) in [5, 5.41) is 7.02. The van der Waals surface area contributed by atoms with Gasteiger partial charge in [-0.2, -0.15) is 4.98 Å². The van der Waals surface area contributed by atoms with Crippen molar-refractivity contribution >= 4 is 29.1 Å². The van der Waals surface area contributed by atoms with Crippen molar-refractivity contribution in [3.05, 3.63) is 41.1 Å². The standard InChI is InChI=1S/C20H25ClN4O2/c1-26-17-13-16(18(27-2)12-15(17)21)24-20-23-11-9-19(25-20)22-10-8-14-6-4-3-5-7-14/h6,9,11-13H,3-5,7-8,10H2,1-2H3,(H2,22,23,24,25). The average molecular weight is 389 g/mol. The van der Waals surface area contributed by atoms with Crippen LogP contribution in [0.2, 0.25) is 5.02 Å². The second-order valence-corrected chi connectivity index (χ2v) is 6.77.